The third-order valence-electron chi connectivity index (χ3n) is 4.18. The Balaban J connectivity index is 1.55. The zero-order valence-electron chi connectivity index (χ0n) is 13.2. The van der Waals surface area contributed by atoms with Crippen molar-refractivity contribution in [2.45, 2.75) is 12.8 Å². The van der Waals surface area contributed by atoms with E-state index >= 15 is 0 Å². The van der Waals surface area contributed by atoms with Gasteiger partial charge < -0.3 is 14.9 Å². The molecule has 0 bridgehead atoms. The highest BCUT2D eigenvalue weighted by Crippen LogP contribution is 2.19. The van der Waals surface area contributed by atoms with E-state index in [0.29, 0.717) is 4.88 Å². The van der Waals surface area contributed by atoms with E-state index in [1.54, 1.807) is 6.07 Å². The summed E-state index contributed by atoms with van der Waals surface area (Å²) in [5.41, 5.74) is 2.24. The summed E-state index contributed by atoms with van der Waals surface area (Å²) in [5.74, 6) is -0.851. The Hall–Kier alpha value is -1.92. The van der Waals surface area contributed by atoms with Crippen LogP contribution >= 0.6 is 11.3 Å². The van der Waals surface area contributed by atoms with E-state index < -0.39 is 5.97 Å². The molecule has 1 saturated heterocycles. The largest absolute Gasteiger partial charge is 0.477 e. The first kappa shape index (κ1) is 16.0. The smallest absolute Gasteiger partial charge is 0.345 e. The fourth-order valence-electron chi connectivity index (χ4n) is 2.69. The number of carbonyl (C=O) groups is 1. The van der Waals surface area contributed by atoms with E-state index in [-0.39, 0.29) is 0 Å². The number of thiophene rings is 1. The molecule has 0 spiro atoms. The van der Waals surface area contributed by atoms with Gasteiger partial charge in [-0.25, -0.2) is 4.79 Å². The third kappa shape index (κ3) is 4.09. The predicted octanol–water partition coefficient (Wildman–Crippen LogP) is 2.38. The molecule has 1 aliphatic rings. The standard InChI is InChI=1S/C17H21N3O2S/c1-19-8-10-20(11-9-19)14-4-2-13(18-12-14)3-5-15-6-7-16(23-15)17(21)22/h2,4,6-7,12H,3,5,8-11H2,1H3,(H,21,22). The number of hydrogen-bond acceptors (Lipinski definition) is 5. The summed E-state index contributed by atoms with van der Waals surface area (Å²) in [6.07, 6.45) is 3.62. The number of aromatic nitrogens is 1. The number of likely N-dealkylation sites (N-methyl/N-ethyl adjacent to an activating group) is 1. The second kappa shape index (κ2) is 7.10. The van der Waals surface area contributed by atoms with Crippen LogP contribution in [0.2, 0.25) is 0 Å². The van der Waals surface area contributed by atoms with Crippen LogP contribution in [0.25, 0.3) is 0 Å². The Morgan fingerprint density at radius 1 is 1.17 bits per heavy atom. The Morgan fingerprint density at radius 2 is 1.96 bits per heavy atom. The highest BCUT2D eigenvalue weighted by Gasteiger charge is 2.14. The topological polar surface area (TPSA) is 56.7 Å². The van der Waals surface area contributed by atoms with Crippen molar-refractivity contribution >= 4 is 23.0 Å². The molecule has 1 aliphatic heterocycles. The summed E-state index contributed by atoms with van der Waals surface area (Å²) < 4.78 is 0. The lowest BCUT2D eigenvalue weighted by atomic mass is 10.2. The maximum atomic E-state index is 10.9. The first-order valence-corrected chi connectivity index (χ1v) is 8.64. The van der Waals surface area contributed by atoms with E-state index in [1.807, 2.05) is 12.3 Å². The molecule has 5 nitrogen and oxygen atoms in total. The van der Waals surface area contributed by atoms with Crippen molar-refractivity contribution in [1.29, 1.82) is 0 Å². The Kier molecular flexibility index (Phi) is 4.93. The van der Waals surface area contributed by atoms with E-state index in [2.05, 4.69) is 34.0 Å². The average molecular weight is 331 g/mol. The molecule has 3 rings (SSSR count). The van der Waals surface area contributed by atoms with Crippen molar-refractivity contribution in [2.75, 3.05) is 38.1 Å². The minimum Gasteiger partial charge on any atom is -0.477 e. The molecule has 0 radical (unpaired) electrons. The number of piperazine rings is 1. The molecule has 1 fully saturated rings. The molecule has 6 heteroatoms. The highest BCUT2D eigenvalue weighted by molar-refractivity contribution is 7.13. The van der Waals surface area contributed by atoms with Gasteiger partial charge in [-0.2, -0.15) is 0 Å². The van der Waals surface area contributed by atoms with Gasteiger partial charge in [0.05, 0.1) is 11.9 Å². The lowest BCUT2D eigenvalue weighted by molar-refractivity contribution is 0.0702. The molecule has 1 N–H and O–H groups in total. The zero-order chi connectivity index (χ0) is 16.2. The normalized spacial score (nSPS) is 15.8. The van der Waals surface area contributed by atoms with Crippen LogP contribution in [-0.4, -0.2) is 54.2 Å². The second-order valence-electron chi connectivity index (χ2n) is 5.87. The van der Waals surface area contributed by atoms with Crippen LogP contribution in [0.4, 0.5) is 5.69 Å². The Bertz CT molecular complexity index is 661. The molecule has 0 unspecified atom stereocenters. The second-order valence-corrected chi connectivity index (χ2v) is 7.04. The van der Waals surface area contributed by atoms with Crippen LogP contribution < -0.4 is 4.90 Å². The molecular weight excluding hydrogens is 310 g/mol. The van der Waals surface area contributed by atoms with Crippen molar-refractivity contribution < 1.29 is 9.90 Å². The van der Waals surface area contributed by atoms with Crippen molar-refractivity contribution in [1.82, 2.24) is 9.88 Å². The number of rotatable bonds is 5. The van der Waals surface area contributed by atoms with Gasteiger partial charge in [-0.05, 0) is 44.2 Å². The molecule has 0 aromatic carbocycles. The average Bonchev–Trinajstić information content (AvgIpc) is 3.04. The number of hydrogen-bond donors (Lipinski definition) is 1. The van der Waals surface area contributed by atoms with Gasteiger partial charge in [-0.1, -0.05) is 0 Å². The van der Waals surface area contributed by atoms with Crippen molar-refractivity contribution in [3.63, 3.8) is 0 Å². The summed E-state index contributed by atoms with van der Waals surface area (Å²) in [6, 6.07) is 7.79. The van der Waals surface area contributed by atoms with Gasteiger partial charge in [0.25, 0.3) is 0 Å². The summed E-state index contributed by atoms with van der Waals surface area (Å²) in [7, 11) is 2.15. The van der Waals surface area contributed by atoms with E-state index in [1.165, 1.54) is 17.0 Å². The molecule has 23 heavy (non-hydrogen) atoms. The molecular formula is C17H21N3O2S. The fraction of sp³-hybridized carbons (Fsp3) is 0.412. The number of aryl methyl sites for hydroxylation is 2. The molecule has 0 saturated carbocycles. The van der Waals surface area contributed by atoms with Gasteiger partial charge >= 0.3 is 5.97 Å². The van der Waals surface area contributed by atoms with Gasteiger partial charge in [0, 0.05) is 36.8 Å². The maximum absolute atomic E-state index is 10.9. The first-order valence-electron chi connectivity index (χ1n) is 7.82. The van der Waals surface area contributed by atoms with Crippen LogP contribution in [0.1, 0.15) is 20.2 Å². The Morgan fingerprint density at radius 3 is 2.57 bits per heavy atom. The number of carboxylic acid groups (broad SMARTS) is 1. The lowest BCUT2D eigenvalue weighted by Gasteiger charge is -2.33. The van der Waals surface area contributed by atoms with E-state index in [4.69, 9.17) is 5.11 Å². The quantitative estimate of drug-likeness (QED) is 0.912. The maximum Gasteiger partial charge on any atom is 0.345 e. The Labute approximate surface area is 140 Å². The SMILES string of the molecule is CN1CCN(c2ccc(CCc3ccc(C(=O)O)s3)nc2)CC1. The monoisotopic (exact) mass is 331 g/mol. The fourth-order valence-corrected chi connectivity index (χ4v) is 3.54. The number of pyridine rings is 1. The first-order chi connectivity index (χ1) is 11.1. The third-order valence-corrected chi connectivity index (χ3v) is 5.31. The molecule has 122 valence electrons. The minimum atomic E-state index is -0.851. The molecule has 0 amide bonds. The summed E-state index contributed by atoms with van der Waals surface area (Å²) in [4.78, 5) is 21.6. The van der Waals surface area contributed by atoms with Crippen molar-refractivity contribution in [3.8, 4) is 0 Å². The minimum absolute atomic E-state index is 0.401. The number of nitrogens with zero attached hydrogens (tertiary/aromatic N) is 3. The van der Waals surface area contributed by atoms with Crippen LogP contribution in [0, 0.1) is 0 Å². The highest BCUT2D eigenvalue weighted by atomic mass is 32.1. The van der Waals surface area contributed by atoms with Gasteiger partial charge in [-0.15, -0.1) is 11.3 Å². The van der Waals surface area contributed by atoms with Gasteiger partial charge in [0.2, 0.25) is 0 Å². The van der Waals surface area contributed by atoms with Crippen LogP contribution in [0.3, 0.4) is 0 Å². The molecule has 0 atom stereocenters. The van der Waals surface area contributed by atoms with Crippen LogP contribution in [0.5, 0.6) is 0 Å². The van der Waals surface area contributed by atoms with Crippen molar-refractivity contribution in [2.24, 2.45) is 0 Å². The van der Waals surface area contributed by atoms with Crippen LogP contribution in [0.15, 0.2) is 30.5 Å². The van der Waals surface area contributed by atoms with Gasteiger partial charge in [0.1, 0.15) is 4.88 Å². The number of anilines is 1. The predicted molar refractivity (Wildman–Crippen MR) is 92.6 cm³/mol. The molecule has 3 heterocycles. The van der Waals surface area contributed by atoms with Gasteiger partial charge in [0.15, 0.2) is 0 Å². The van der Waals surface area contributed by atoms with Crippen molar-refractivity contribution in [3.05, 3.63) is 45.9 Å². The molecule has 2 aromatic heterocycles. The van der Waals surface area contributed by atoms with Gasteiger partial charge in [-0.3, -0.25) is 4.98 Å². The summed E-state index contributed by atoms with van der Waals surface area (Å²) in [5, 5.41) is 8.94. The number of aromatic carboxylic acids is 1. The zero-order valence-corrected chi connectivity index (χ0v) is 14.1. The lowest BCUT2D eigenvalue weighted by Crippen LogP contribution is -2.44. The molecule has 0 aliphatic carbocycles. The number of carboxylic acids is 1. The van der Waals surface area contributed by atoms with Crippen LogP contribution in [-0.2, 0) is 12.8 Å². The summed E-state index contributed by atoms with van der Waals surface area (Å²) in [6.45, 7) is 4.27. The van der Waals surface area contributed by atoms with E-state index in [0.717, 1.165) is 49.6 Å². The molecule has 2 aromatic rings. The van der Waals surface area contributed by atoms with E-state index in [9.17, 15) is 4.79 Å². The summed E-state index contributed by atoms with van der Waals surface area (Å²) >= 11 is 1.35.